The van der Waals surface area contributed by atoms with Gasteiger partial charge < -0.3 is 5.11 Å². The van der Waals surface area contributed by atoms with Gasteiger partial charge in [-0.2, -0.15) is 0 Å². The van der Waals surface area contributed by atoms with E-state index >= 15 is 0 Å². The van der Waals surface area contributed by atoms with E-state index in [-0.39, 0.29) is 6.42 Å². The Bertz CT molecular complexity index is 957. The van der Waals surface area contributed by atoms with Gasteiger partial charge in [0, 0.05) is 6.20 Å². The smallest absolute Gasteiger partial charge is 0.309 e. The molecule has 1 N–H and O–H groups in total. The van der Waals surface area contributed by atoms with Gasteiger partial charge in [-0.3, -0.25) is 9.20 Å². The molecular weight excluding hydrogens is 304 g/mol. The van der Waals surface area contributed by atoms with Crippen LogP contribution in [0.2, 0.25) is 0 Å². The molecule has 0 aliphatic heterocycles. The van der Waals surface area contributed by atoms with Crippen molar-refractivity contribution in [1.82, 2.24) is 9.38 Å². The number of nitrogens with zero attached hydrogens (tertiary/aromatic N) is 4. The number of carbonyl (C=O) groups is 1. The van der Waals surface area contributed by atoms with Crippen molar-refractivity contribution in [2.45, 2.75) is 27.2 Å². The van der Waals surface area contributed by atoms with Crippen LogP contribution in [0.4, 0.5) is 11.5 Å². The first kappa shape index (κ1) is 15.9. The second-order valence-corrected chi connectivity index (χ2v) is 5.87. The highest BCUT2D eigenvalue weighted by molar-refractivity contribution is 5.72. The van der Waals surface area contributed by atoms with Crippen molar-refractivity contribution in [3.63, 3.8) is 0 Å². The molecule has 0 unspecified atom stereocenters. The number of rotatable bonds is 4. The minimum atomic E-state index is -0.946. The number of hydrogen-bond acceptors (Lipinski definition) is 4. The van der Waals surface area contributed by atoms with Crippen molar-refractivity contribution in [3.05, 3.63) is 58.9 Å². The summed E-state index contributed by atoms with van der Waals surface area (Å²) in [5, 5.41) is 17.7. The van der Waals surface area contributed by atoms with Crippen LogP contribution in [0.5, 0.6) is 0 Å². The minimum Gasteiger partial charge on any atom is -0.481 e. The molecule has 0 spiro atoms. The van der Waals surface area contributed by atoms with Gasteiger partial charge in [0.05, 0.1) is 17.8 Å². The van der Waals surface area contributed by atoms with Crippen molar-refractivity contribution in [2.75, 3.05) is 0 Å². The highest BCUT2D eigenvalue weighted by Gasteiger charge is 2.15. The third-order valence-electron chi connectivity index (χ3n) is 3.75. The molecule has 122 valence electrons. The molecule has 0 atom stereocenters. The Hall–Kier alpha value is -3.02. The van der Waals surface area contributed by atoms with Crippen LogP contribution in [0.1, 0.15) is 22.4 Å². The van der Waals surface area contributed by atoms with Crippen LogP contribution in [-0.2, 0) is 11.2 Å². The highest BCUT2D eigenvalue weighted by atomic mass is 16.4. The third-order valence-corrected chi connectivity index (χ3v) is 3.75. The summed E-state index contributed by atoms with van der Waals surface area (Å²) in [6, 6.07) is 9.72. The predicted molar refractivity (Wildman–Crippen MR) is 91.4 cm³/mol. The monoisotopic (exact) mass is 322 g/mol. The summed E-state index contributed by atoms with van der Waals surface area (Å²) in [5.74, 6) is -0.495. The first-order valence-corrected chi connectivity index (χ1v) is 7.62. The lowest BCUT2D eigenvalue weighted by molar-refractivity contribution is -0.136. The second kappa shape index (κ2) is 6.23. The average molecular weight is 322 g/mol. The summed E-state index contributed by atoms with van der Waals surface area (Å²) in [4.78, 5) is 15.5. The standard InChI is InChI=1S/C18H18N4O2/c1-11-4-5-14(13(3)8-11)20-21-18-15(10-17(23)24)19-16-9-12(2)6-7-22(16)18/h4-9H,10H2,1-3H3,(H,23,24). The van der Waals surface area contributed by atoms with E-state index in [1.165, 1.54) is 0 Å². The van der Waals surface area contributed by atoms with Crippen LogP contribution in [0.25, 0.3) is 5.65 Å². The van der Waals surface area contributed by atoms with E-state index in [9.17, 15) is 4.79 Å². The number of hydrogen-bond donors (Lipinski definition) is 1. The first-order valence-electron chi connectivity index (χ1n) is 7.62. The number of fused-ring (bicyclic) bond motifs is 1. The summed E-state index contributed by atoms with van der Waals surface area (Å²) in [6.45, 7) is 5.95. The summed E-state index contributed by atoms with van der Waals surface area (Å²) in [6.07, 6.45) is 1.64. The summed E-state index contributed by atoms with van der Waals surface area (Å²) < 4.78 is 1.76. The summed E-state index contributed by atoms with van der Waals surface area (Å²) in [7, 11) is 0. The van der Waals surface area contributed by atoms with Crippen LogP contribution < -0.4 is 0 Å². The molecule has 3 aromatic rings. The average Bonchev–Trinajstić information content (AvgIpc) is 2.82. The molecule has 6 heteroatoms. The third kappa shape index (κ3) is 3.17. The molecule has 0 fully saturated rings. The number of aryl methyl sites for hydroxylation is 3. The molecule has 6 nitrogen and oxygen atoms in total. The second-order valence-electron chi connectivity index (χ2n) is 5.87. The van der Waals surface area contributed by atoms with Gasteiger partial charge in [-0.05, 0) is 50.1 Å². The van der Waals surface area contributed by atoms with E-state index in [0.29, 0.717) is 17.2 Å². The molecule has 0 radical (unpaired) electrons. The number of carboxylic acids is 1. The van der Waals surface area contributed by atoms with Crippen LogP contribution in [0.3, 0.4) is 0 Å². The Labute approximate surface area is 139 Å². The Morgan fingerprint density at radius 2 is 1.88 bits per heavy atom. The normalized spacial score (nSPS) is 11.5. The van der Waals surface area contributed by atoms with E-state index in [2.05, 4.69) is 15.2 Å². The fourth-order valence-electron chi connectivity index (χ4n) is 2.57. The number of benzene rings is 1. The zero-order valence-corrected chi connectivity index (χ0v) is 13.8. The number of imidazole rings is 1. The number of pyridine rings is 1. The molecule has 0 saturated carbocycles. The van der Waals surface area contributed by atoms with Gasteiger partial charge in [-0.1, -0.05) is 17.7 Å². The molecule has 0 bridgehead atoms. The number of azo groups is 1. The van der Waals surface area contributed by atoms with Gasteiger partial charge in [0.25, 0.3) is 0 Å². The summed E-state index contributed by atoms with van der Waals surface area (Å²) in [5.41, 5.74) is 5.05. The Balaban J connectivity index is 2.09. The van der Waals surface area contributed by atoms with E-state index in [1.54, 1.807) is 4.40 Å². The minimum absolute atomic E-state index is 0.192. The van der Waals surface area contributed by atoms with Gasteiger partial charge in [-0.25, -0.2) is 4.98 Å². The largest absolute Gasteiger partial charge is 0.481 e. The van der Waals surface area contributed by atoms with Crippen molar-refractivity contribution < 1.29 is 9.90 Å². The molecule has 0 aliphatic carbocycles. The van der Waals surface area contributed by atoms with Gasteiger partial charge >= 0.3 is 5.97 Å². The molecule has 0 amide bonds. The van der Waals surface area contributed by atoms with Gasteiger partial charge in [0.15, 0.2) is 5.82 Å². The van der Waals surface area contributed by atoms with Crippen molar-refractivity contribution in [2.24, 2.45) is 10.2 Å². The van der Waals surface area contributed by atoms with Crippen molar-refractivity contribution in [1.29, 1.82) is 0 Å². The fraction of sp³-hybridized carbons (Fsp3) is 0.222. The first-order chi connectivity index (χ1) is 11.4. The number of aromatic nitrogens is 2. The van der Waals surface area contributed by atoms with Crippen LogP contribution in [0.15, 0.2) is 46.8 Å². The predicted octanol–water partition coefficient (Wildman–Crippen LogP) is 4.30. The Kier molecular flexibility index (Phi) is 4.12. The van der Waals surface area contributed by atoms with Gasteiger partial charge in [0.2, 0.25) is 0 Å². The fourth-order valence-corrected chi connectivity index (χ4v) is 2.57. The Morgan fingerprint density at radius 1 is 1.12 bits per heavy atom. The zero-order valence-electron chi connectivity index (χ0n) is 13.8. The SMILES string of the molecule is Cc1ccc(N=Nc2c(CC(=O)O)nc3cc(C)ccn23)c(C)c1. The lowest BCUT2D eigenvalue weighted by atomic mass is 10.1. The molecule has 3 rings (SSSR count). The van der Waals surface area contributed by atoms with E-state index in [1.807, 2.05) is 57.3 Å². The molecular formula is C18H18N4O2. The quantitative estimate of drug-likeness (QED) is 0.727. The zero-order chi connectivity index (χ0) is 17.3. The maximum Gasteiger partial charge on any atom is 0.309 e. The van der Waals surface area contributed by atoms with E-state index < -0.39 is 5.97 Å². The maximum atomic E-state index is 11.1. The van der Waals surface area contributed by atoms with E-state index in [4.69, 9.17) is 5.11 Å². The summed E-state index contributed by atoms with van der Waals surface area (Å²) >= 11 is 0. The molecule has 0 aliphatic rings. The van der Waals surface area contributed by atoms with E-state index in [0.717, 1.165) is 22.4 Å². The number of aliphatic carboxylic acids is 1. The highest BCUT2D eigenvalue weighted by Crippen LogP contribution is 2.27. The number of carboxylic acid groups (broad SMARTS) is 1. The maximum absolute atomic E-state index is 11.1. The van der Waals surface area contributed by atoms with Crippen LogP contribution in [-0.4, -0.2) is 20.5 Å². The van der Waals surface area contributed by atoms with Crippen LogP contribution in [0, 0.1) is 20.8 Å². The lowest BCUT2D eigenvalue weighted by Gasteiger charge is -2.01. The lowest BCUT2D eigenvalue weighted by Crippen LogP contribution is -2.00. The van der Waals surface area contributed by atoms with Crippen molar-refractivity contribution in [3.8, 4) is 0 Å². The topological polar surface area (TPSA) is 79.3 Å². The molecule has 1 aromatic carbocycles. The van der Waals surface area contributed by atoms with Gasteiger partial charge in [0.1, 0.15) is 5.65 Å². The molecule has 0 saturated heterocycles. The molecule has 2 heterocycles. The van der Waals surface area contributed by atoms with Gasteiger partial charge in [-0.15, -0.1) is 10.2 Å². The Morgan fingerprint density at radius 3 is 2.58 bits per heavy atom. The van der Waals surface area contributed by atoms with Crippen molar-refractivity contribution >= 4 is 23.1 Å². The molecule has 2 aromatic heterocycles. The molecule has 24 heavy (non-hydrogen) atoms. The van der Waals surface area contributed by atoms with Crippen LogP contribution >= 0.6 is 0 Å².